The summed E-state index contributed by atoms with van der Waals surface area (Å²) in [7, 11) is 0. The number of hydrogen-bond donors (Lipinski definition) is 2. The fraction of sp³-hybridized carbons (Fsp3) is 0.655. The molecule has 9 heteroatoms. The third-order valence-corrected chi connectivity index (χ3v) is 6.08. The van der Waals surface area contributed by atoms with Gasteiger partial charge >= 0.3 is 12.1 Å². The van der Waals surface area contributed by atoms with Crippen LogP contribution < -0.4 is 10.6 Å². The van der Waals surface area contributed by atoms with Crippen molar-refractivity contribution in [3.05, 3.63) is 34.9 Å². The first kappa shape index (κ1) is 31.1. The Morgan fingerprint density at radius 3 is 2.32 bits per heavy atom. The minimum Gasteiger partial charge on any atom is -0.466 e. The van der Waals surface area contributed by atoms with E-state index >= 15 is 0 Å². The maximum absolute atomic E-state index is 14.1. The molecule has 0 aromatic heterocycles. The SMILES string of the molecule is CCOC(=O)CCNC(=O)C(c1cc(C)ccc1C)N(C(=O)C(CC(C)C)NC(=O)OC(C)(C)C)C1CC1. The summed E-state index contributed by atoms with van der Waals surface area (Å²) in [5, 5.41) is 5.61. The van der Waals surface area contributed by atoms with Gasteiger partial charge in [0.25, 0.3) is 0 Å². The van der Waals surface area contributed by atoms with Crippen LogP contribution in [0.15, 0.2) is 18.2 Å². The van der Waals surface area contributed by atoms with Gasteiger partial charge < -0.3 is 25.0 Å². The molecule has 212 valence electrons. The number of esters is 1. The lowest BCUT2D eigenvalue weighted by Gasteiger charge is -2.35. The number of hydrogen-bond acceptors (Lipinski definition) is 6. The highest BCUT2D eigenvalue weighted by molar-refractivity contribution is 5.93. The van der Waals surface area contributed by atoms with E-state index < -0.39 is 29.7 Å². The molecule has 1 aliphatic carbocycles. The molecule has 1 aliphatic rings. The van der Waals surface area contributed by atoms with Crippen molar-refractivity contribution in [2.24, 2.45) is 5.92 Å². The number of benzene rings is 1. The number of nitrogens with one attached hydrogen (secondary N) is 2. The number of alkyl carbamates (subject to hydrolysis) is 1. The van der Waals surface area contributed by atoms with E-state index in [-0.39, 0.29) is 43.3 Å². The van der Waals surface area contributed by atoms with E-state index in [9.17, 15) is 19.2 Å². The molecule has 2 rings (SSSR count). The second-order valence-corrected chi connectivity index (χ2v) is 11.4. The van der Waals surface area contributed by atoms with Gasteiger partial charge in [0.05, 0.1) is 13.0 Å². The molecule has 0 bridgehead atoms. The molecule has 38 heavy (non-hydrogen) atoms. The molecule has 1 aromatic carbocycles. The molecule has 0 heterocycles. The molecule has 2 atom stereocenters. The summed E-state index contributed by atoms with van der Waals surface area (Å²) in [6.45, 7) is 15.2. The minimum absolute atomic E-state index is 0.0344. The van der Waals surface area contributed by atoms with Crippen molar-refractivity contribution < 1.29 is 28.7 Å². The van der Waals surface area contributed by atoms with E-state index in [1.807, 2.05) is 45.9 Å². The fourth-order valence-electron chi connectivity index (χ4n) is 4.28. The lowest BCUT2D eigenvalue weighted by molar-refractivity contribution is -0.145. The van der Waals surface area contributed by atoms with Gasteiger partial charge in [0.1, 0.15) is 17.7 Å². The topological polar surface area (TPSA) is 114 Å². The van der Waals surface area contributed by atoms with Crippen molar-refractivity contribution in [2.45, 2.75) is 105 Å². The zero-order valence-corrected chi connectivity index (χ0v) is 24.2. The van der Waals surface area contributed by atoms with Crippen LogP contribution in [0.3, 0.4) is 0 Å². The molecule has 0 saturated heterocycles. The summed E-state index contributed by atoms with van der Waals surface area (Å²) >= 11 is 0. The van der Waals surface area contributed by atoms with Gasteiger partial charge in [-0.1, -0.05) is 37.6 Å². The van der Waals surface area contributed by atoms with E-state index in [0.717, 1.165) is 29.5 Å². The zero-order chi connectivity index (χ0) is 28.6. The molecule has 9 nitrogen and oxygen atoms in total. The average molecular weight is 532 g/mol. The summed E-state index contributed by atoms with van der Waals surface area (Å²) in [5.74, 6) is -0.982. The molecule has 0 spiro atoms. The first-order valence-electron chi connectivity index (χ1n) is 13.6. The third kappa shape index (κ3) is 9.65. The molecule has 1 fully saturated rings. The smallest absolute Gasteiger partial charge is 0.408 e. The van der Waals surface area contributed by atoms with E-state index in [2.05, 4.69) is 10.6 Å². The third-order valence-electron chi connectivity index (χ3n) is 6.08. The summed E-state index contributed by atoms with van der Waals surface area (Å²) < 4.78 is 10.4. The second kappa shape index (κ2) is 13.6. The highest BCUT2D eigenvalue weighted by Gasteiger charge is 2.44. The highest BCUT2D eigenvalue weighted by Crippen LogP contribution is 2.37. The van der Waals surface area contributed by atoms with Gasteiger partial charge in [-0.25, -0.2) is 4.79 Å². The Morgan fingerprint density at radius 1 is 1.11 bits per heavy atom. The lowest BCUT2D eigenvalue weighted by Crippen LogP contribution is -2.54. The van der Waals surface area contributed by atoms with Crippen LogP contribution in [0.2, 0.25) is 0 Å². The molecule has 0 radical (unpaired) electrons. The number of carbonyl (C=O) groups is 4. The summed E-state index contributed by atoms with van der Waals surface area (Å²) in [5.41, 5.74) is 1.84. The van der Waals surface area contributed by atoms with Crippen molar-refractivity contribution in [1.29, 1.82) is 0 Å². The number of rotatable bonds is 12. The highest BCUT2D eigenvalue weighted by atomic mass is 16.6. The molecular formula is C29H45N3O6. The fourth-order valence-corrected chi connectivity index (χ4v) is 4.28. The van der Waals surface area contributed by atoms with Crippen molar-refractivity contribution in [2.75, 3.05) is 13.2 Å². The summed E-state index contributed by atoms with van der Waals surface area (Å²) in [6.07, 6.45) is 1.29. The number of nitrogens with zero attached hydrogens (tertiary/aromatic N) is 1. The van der Waals surface area contributed by atoms with Crippen molar-refractivity contribution in [3.63, 3.8) is 0 Å². The minimum atomic E-state index is -0.910. The Morgan fingerprint density at radius 2 is 1.76 bits per heavy atom. The molecule has 1 aromatic rings. The number of aryl methyl sites for hydroxylation is 2. The molecule has 3 amide bonds. The van der Waals surface area contributed by atoms with Crippen molar-refractivity contribution in [1.82, 2.24) is 15.5 Å². The summed E-state index contributed by atoms with van der Waals surface area (Å²) in [6, 6.07) is 3.93. The normalized spacial score (nSPS) is 14.9. The van der Waals surface area contributed by atoms with Crippen molar-refractivity contribution >= 4 is 23.9 Å². The van der Waals surface area contributed by atoms with Gasteiger partial charge in [-0.15, -0.1) is 0 Å². The van der Waals surface area contributed by atoms with Crippen LogP contribution in [0, 0.1) is 19.8 Å². The predicted octanol–water partition coefficient (Wildman–Crippen LogP) is 4.34. The number of ether oxygens (including phenoxy) is 2. The predicted molar refractivity (Wildman–Crippen MR) is 145 cm³/mol. The zero-order valence-electron chi connectivity index (χ0n) is 24.2. The Bertz CT molecular complexity index is 997. The largest absolute Gasteiger partial charge is 0.466 e. The van der Waals surface area contributed by atoms with Gasteiger partial charge in [0, 0.05) is 12.6 Å². The van der Waals surface area contributed by atoms with Crippen LogP contribution in [0.25, 0.3) is 0 Å². The van der Waals surface area contributed by atoms with Crippen LogP contribution >= 0.6 is 0 Å². The van der Waals surface area contributed by atoms with Crippen LogP contribution in [-0.4, -0.2) is 59.6 Å². The van der Waals surface area contributed by atoms with Crippen molar-refractivity contribution in [3.8, 4) is 0 Å². The van der Waals surface area contributed by atoms with Crippen LogP contribution in [0.5, 0.6) is 0 Å². The monoisotopic (exact) mass is 531 g/mol. The van der Waals surface area contributed by atoms with Crippen LogP contribution in [0.4, 0.5) is 4.79 Å². The van der Waals surface area contributed by atoms with Gasteiger partial charge in [0.2, 0.25) is 11.8 Å². The van der Waals surface area contributed by atoms with Crippen LogP contribution in [-0.2, 0) is 23.9 Å². The Balaban J connectivity index is 2.43. The molecule has 1 saturated carbocycles. The lowest BCUT2D eigenvalue weighted by atomic mass is 9.95. The van der Waals surface area contributed by atoms with E-state index in [1.54, 1.807) is 32.6 Å². The second-order valence-electron chi connectivity index (χ2n) is 11.4. The molecular weight excluding hydrogens is 486 g/mol. The first-order valence-corrected chi connectivity index (χ1v) is 13.6. The number of carbonyl (C=O) groups excluding carboxylic acids is 4. The maximum Gasteiger partial charge on any atom is 0.408 e. The Kier molecular flexibility index (Phi) is 11.2. The Hall–Kier alpha value is -3.10. The molecule has 0 aliphatic heterocycles. The van der Waals surface area contributed by atoms with E-state index in [4.69, 9.17) is 9.47 Å². The maximum atomic E-state index is 14.1. The van der Waals surface area contributed by atoms with Crippen LogP contribution in [0.1, 0.15) is 90.0 Å². The first-order chi connectivity index (χ1) is 17.7. The quantitative estimate of drug-likeness (QED) is 0.388. The van der Waals surface area contributed by atoms with Gasteiger partial charge in [-0.05, 0) is 77.8 Å². The van der Waals surface area contributed by atoms with Gasteiger partial charge in [-0.2, -0.15) is 0 Å². The van der Waals surface area contributed by atoms with Gasteiger partial charge in [-0.3, -0.25) is 14.4 Å². The van der Waals surface area contributed by atoms with E-state index in [0.29, 0.717) is 6.42 Å². The van der Waals surface area contributed by atoms with Gasteiger partial charge in [0.15, 0.2) is 0 Å². The average Bonchev–Trinajstić information content (AvgIpc) is 3.62. The standard InChI is InChI=1S/C29H45N3O6/c1-9-37-24(33)14-15-30-26(34)25(22-17-19(4)10-11-20(22)5)32(21-12-13-21)27(35)23(16-18(2)3)31-28(36)38-29(6,7)8/h10-11,17-18,21,23,25H,9,12-16H2,1-8H3,(H,30,34)(H,31,36). The molecule has 2 unspecified atom stereocenters. The number of amides is 3. The van der Waals surface area contributed by atoms with E-state index in [1.165, 1.54) is 0 Å². The molecule has 2 N–H and O–H groups in total. The summed E-state index contributed by atoms with van der Waals surface area (Å²) in [4.78, 5) is 54.0. The Labute approximate surface area is 227 Å².